The van der Waals surface area contributed by atoms with Gasteiger partial charge in [0.1, 0.15) is 5.82 Å². The van der Waals surface area contributed by atoms with Crippen molar-refractivity contribution < 1.29 is 0 Å². The molecule has 2 aromatic carbocycles. The average molecular weight is 405 g/mol. The molecule has 5 heteroatoms. The quantitative estimate of drug-likeness (QED) is 0.492. The summed E-state index contributed by atoms with van der Waals surface area (Å²) in [7, 11) is 0. The third kappa shape index (κ3) is 4.13. The second-order valence-electron chi connectivity index (χ2n) is 7.23. The van der Waals surface area contributed by atoms with E-state index in [9.17, 15) is 0 Å². The number of aromatic nitrogens is 2. The van der Waals surface area contributed by atoms with Crippen LogP contribution in [-0.2, 0) is 12.8 Å². The number of anilines is 2. The van der Waals surface area contributed by atoms with Gasteiger partial charge in [-0.25, -0.2) is 9.97 Å². The summed E-state index contributed by atoms with van der Waals surface area (Å²) in [4.78, 5) is 9.65. The molecule has 0 atom stereocenters. The third-order valence-corrected chi connectivity index (χ3v) is 5.46. The fraction of sp³-hybridized carbons (Fsp3) is 0.250. The van der Waals surface area contributed by atoms with Gasteiger partial charge in [0.2, 0.25) is 0 Å². The molecule has 0 bridgehead atoms. The highest BCUT2D eigenvalue weighted by atomic mass is 35.5. The van der Waals surface area contributed by atoms with Crippen LogP contribution in [0.1, 0.15) is 36.6 Å². The molecule has 1 aliphatic carbocycles. The Bertz CT molecular complexity index is 1040. The van der Waals surface area contributed by atoms with E-state index in [0.29, 0.717) is 10.8 Å². The maximum absolute atomic E-state index is 6.41. The highest BCUT2D eigenvalue weighted by Gasteiger charge is 2.21. The molecule has 1 heterocycles. The molecule has 3 aromatic rings. The summed E-state index contributed by atoms with van der Waals surface area (Å²) in [6.45, 7) is 7.37. The first-order chi connectivity index (χ1) is 14.2. The summed E-state index contributed by atoms with van der Waals surface area (Å²) in [5, 5.41) is 7.61. The topological polar surface area (TPSA) is 49.8 Å². The van der Waals surface area contributed by atoms with E-state index in [1.165, 1.54) is 5.56 Å². The highest BCUT2D eigenvalue weighted by Crippen LogP contribution is 2.33. The van der Waals surface area contributed by atoms with Gasteiger partial charge < -0.3 is 10.6 Å². The molecule has 4 rings (SSSR count). The van der Waals surface area contributed by atoms with Crippen LogP contribution in [0.4, 0.5) is 11.5 Å². The number of rotatable bonds is 7. The Morgan fingerprint density at radius 2 is 1.86 bits per heavy atom. The maximum atomic E-state index is 6.41. The van der Waals surface area contributed by atoms with Gasteiger partial charge in [-0.3, -0.25) is 0 Å². The Hall–Kier alpha value is -2.85. The lowest BCUT2D eigenvalue weighted by Crippen LogP contribution is -2.09. The SMILES string of the molecule is C=C(Nc1nc(-c2ccccc2Cl)nc2c1CCC2)c1ccccc1NCCC. The van der Waals surface area contributed by atoms with Crippen LogP contribution in [0.25, 0.3) is 17.1 Å². The van der Waals surface area contributed by atoms with Gasteiger partial charge in [-0.05, 0) is 43.9 Å². The van der Waals surface area contributed by atoms with Crippen LogP contribution in [0.2, 0.25) is 5.02 Å². The van der Waals surface area contributed by atoms with E-state index < -0.39 is 0 Å². The number of halogens is 1. The maximum Gasteiger partial charge on any atom is 0.163 e. The molecule has 0 fully saturated rings. The van der Waals surface area contributed by atoms with Crippen molar-refractivity contribution in [3.63, 3.8) is 0 Å². The minimum atomic E-state index is 0.656. The van der Waals surface area contributed by atoms with Gasteiger partial charge in [0.15, 0.2) is 5.82 Å². The molecule has 0 saturated heterocycles. The summed E-state index contributed by atoms with van der Waals surface area (Å²) in [5.41, 5.74) is 6.07. The minimum Gasteiger partial charge on any atom is -0.385 e. The molecule has 0 amide bonds. The molecule has 1 aliphatic rings. The number of nitrogens with one attached hydrogen (secondary N) is 2. The first-order valence-electron chi connectivity index (χ1n) is 10.1. The van der Waals surface area contributed by atoms with Gasteiger partial charge in [0.25, 0.3) is 0 Å². The average Bonchev–Trinajstić information content (AvgIpc) is 3.22. The van der Waals surface area contributed by atoms with Crippen molar-refractivity contribution in [1.29, 1.82) is 0 Å². The van der Waals surface area contributed by atoms with Crippen molar-refractivity contribution in [2.45, 2.75) is 32.6 Å². The molecule has 0 spiro atoms. The number of fused-ring (bicyclic) bond motifs is 1. The first-order valence-corrected chi connectivity index (χ1v) is 10.5. The normalized spacial score (nSPS) is 12.5. The first kappa shape index (κ1) is 19.5. The number of aryl methyl sites for hydroxylation is 1. The Labute approximate surface area is 177 Å². The van der Waals surface area contributed by atoms with Crippen LogP contribution in [0.5, 0.6) is 0 Å². The molecule has 29 heavy (non-hydrogen) atoms. The van der Waals surface area contributed by atoms with E-state index >= 15 is 0 Å². The van der Waals surface area contributed by atoms with Gasteiger partial charge in [0, 0.05) is 40.3 Å². The molecule has 1 aromatic heterocycles. The lowest BCUT2D eigenvalue weighted by atomic mass is 10.1. The molecule has 148 valence electrons. The van der Waals surface area contributed by atoms with E-state index in [4.69, 9.17) is 21.6 Å². The number of hydrogen-bond acceptors (Lipinski definition) is 4. The molecule has 0 unspecified atom stereocenters. The van der Waals surface area contributed by atoms with E-state index in [0.717, 1.165) is 66.3 Å². The summed E-state index contributed by atoms with van der Waals surface area (Å²) in [6, 6.07) is 15.9. The molecule has 0 radical (unpaired) electrons. The van der Waals surface area contributed by atoms with Crippen LogP contribution in [-0.4, -0.2) is 16.5 Å². The van der Waals surface area contributed by atoms with Crippen molar-refractivity contribution in [2.75, 3.05) is 17.2 Å². The number of para-hydroxylation sites is 1. The van der Waals surface area contributed by atoms with Crippen LogP contribution in [0.15, 0.2) is 55.1 Å². The molecular formula is C24H25ClN4. The van der Waals surface area contributed by atoms with E-state index in [1.807, 2.05) is 36.4 Å². The van der Waals surface area contributed by atoms with Crippen LogP contribution >= 0.6 is 11.6 Å². The van der Waals surface area contributed by atoms with Crippen molar-refractivity contribution in [2.24, 2.45) is 0 Å². The lowest BCUT2D eigenvalue weighted by Gasteiger charge is -2.17. The van der Waals surface area contributed by atoms with Gasteiger partial charge in [-0.2, -0.15) is 0 Å². The van der Waals surface area contributed by atoms with Crippen molar-refractivity contribution >= 4 is 28.8 Å². The van der Waals surface area contributed by atoms with Crippen LogP contribution in [0, 0.1) is 0 Å². The summed E-state index contributed by atoms with van der Waals surface area (Å²) < 4.78 is 0. The summed E-state index contributed by atoms with van der Waals surface area (Å²) in [5.74, 6) is 1.49. The van der Waals surface area contributed by atoms with Gasteiger partial charge in [-0.15, -0.1) is 0 Å². The molecule has 0 aliphatic heterocycles. The third-order valence-electron chi connectivity index (χ3n) is 5.13. The Morgan fingerprint density at radius 3 is 2.69 bits per heavy atom. The number of hydrogen-bond donors (Lipinski definition) is 2. The fourth-order valence-corrected chi connectivity index (χ4v) is 3.89. The summed E-state index contributed by atoms with van der Waals surface area (Å²) in [6.07, 6.45) is 4.09. The van der Waals surface area contributed by atoms with Gasteiger partial charge in [-0.1, -0.05) is 55.4 Å². The Morgan fingerprint density at radius 1 is 1.07 bits per heavy atom. The predicted octanol–water partition coefficient (Wildman–Crippen LogP) is 6.19. The monoisotopic (exact) mass is 404 g/mol. The molecule has 0 saturated carbocycles. The number of benzene rings is 2. The zero-order valence-electron chi connectivity index (χ0n) is 16.6. The molecule has 4 nitrogen and oxygen atoms in total. The van der Waals surface area contributed by atoms with E-state index in [-0.39, 0.29) is 0 Å². The Balaban J connectivity index is 1.69. The van der Waals surface area contributed by atoms with E-state index in [1.54, 1.807) is 0 Å². The standard InChI is InChI=1S/C24H25ClN4/c1-3-15-26-21-13-7-5-9-17(21)16(2)27-24-19-11-8-14-22(19)28-23(29-24)18-10-4-6-12-20(18)25/h4-7,9-10,12-13,26H,2-3,8,11,14-15H2,1H3,(H,27,28,29). The molecule has 2 N–H and O–H groups in total. The number of nitrogens with zero attached hydrogens (tertiary/aromatic N) is 2. The fourth-order valence-electron chi connectivity index (χ4n) is 3.67. The molecular weight excluding hydrogens is 380 g/mol. The van der Waals surface area contributed by atoms with Crippen molar-refractivity contribution in [1.82, 2.24) is 9.97 Å². The highest BCUT2D eigenvalue weighted by molar-refractivity contribution is 6.33. The lowest BCUT2D eigenvalue weighted by molar-refractivity contribution is 0.900. The van der Waals surface area contributed by atoms with Crippen molar-refractivity contribution in [3.8, 4) is 11.4 Å². The van der Waals surface area contributed by atoms with Crippen LogP contribution < -0.4 is 10.6 Å². The van der Waals surface area contributed by atoms with Gasteiger partial charge >= 0.3 is 0 Å². The zero-order chi connectivity index (χ0) is 20.2. The predicted molar refractivity (Wildman–Crippen MR) is 122 cm³/mol. The minimum absolute atomic E-state index is 0.656. The van der Waals surface area contributed by atoms with E-state index in [2.05, 4.69) is 36.3 Å². The second-order valence-corrected chi connectivity index (χ2v) is 7.64. The second kappa shape index (κ2) is 8.66. The largest absolute Gasteiger partial charge is 0.385 e. The smallest absolute Gasteiger partial charge is 0.163 e. The van der Waals surface area contributed by atoms with Crippen LogP contribution in [0.3, 0.4) is 0 Å². The Kier molecular flexibility index (Phi) is 5.81. The zero-order valence-corrected chi connectivity index (χ0v) is 17.4. The van der Waals surface area contributed by atoms with Crippen molar-refractivity contribution in [3.05, 3.63) is 77.0 Å². The summed E-state index contributed by atoms with van der Waals surface area (Å²) >= 11 is 6.41. The van der Waals surface area contributed by atoms with Gasteiger partial charge in [0.05, 0.1) is 5.02 Å².